The van der Waals surface area contributed by atoms with Gasteiger partial charge in [-0.1, -0.05) is 24.3 Å². The van der Waals surface area contributed by atoms with Crippen molar-refractivity contribution < 1.29 is 0 Å². The fourth-order valence-corrected chi connectivity index (χ4v) is 2.68. The summed E-state index contributed by atoms with van der Waals surface area (Å²) >= 11 is 0. The van der Waals surface area contributed by atoms with Crippen LogP contribution in [-0.4, -0.2) is 31.6 Å². The quantitative estimate of drug-likeness (QED) is 0.769. The van der Waals surface area contributed by atoms with Gasteiger partial charge in [-0.25, -0.2) is 0 Å². The topological polar surface area (TPSA) is 41.3 Å². The third kappa shape index (κ3) is 4.94. The van der Waals surface area contributed by atoms with Crippen molar-refractivity contribution in [1.29, 1.82) is 0 Å². The zero-order chi connectivity index (χ0) is 13.5. The van der Waals surface area contributed by atoms with E-state index in [9.17, 15) is 0 Å². The van der Waals surface area contributed by atoms with Gasteiger partial charge in [0.1, 0.15) is 0 Å². The Balaban J connectivity index is 1.61. The van der Waals surface area contributed by atoms with E-state index < -0.39 is 0 Å². The molecule has 0 aliphatic carbocycles. The second kappa shape index (κ2) is 7.63. The third-order valence-electron chi connectivity index (χ3n) is 4.16. The Morgan fingerprint density at radius 1 is 1.16 bits per heavy atom. The van der Waals surface area contributed by atoms with Crippen LogP contribution >= 0.6 is 0 Å². The average molecular weight is 261 g/mol. The van der Waals surface area contributed by atoms with Crippen LogP contribution in [0.25, 0.3) is 0 Å². The monoisotopic (exact) mass is 261 g/mol. The van der Waals surface area contributed by atoms with Crippen LogP contribution in [0.1, 0.15) is 30.4 Å². The van der Waals surface area contributed by atoms with Crippen molar-refractivity contribution in [3.63, 3.8) is 0 Å². The number of likely N-dealkylation sites (tertiary alicyclic amines) is 1. The molecule has 0 atom stereocenters. The van der Waals surface area contributed by atoms with E-state index in [0.29, 0.717) is 6.54 Å². The Bertz CT molecular complexity index is 353. The molecule has 1 saturated heterocycles. The van der Waals surface area contributed by atoms with Gasteiger partial charge in [0.25, 0.3) is 0 Å². The van der Waals surface area contributed by atoms with Crippen LogP contribution in [0.3, 0.4) is 0 Å². The van der Waals surface area contributed by atoms with Gasteiger partial charge >= 0.3 is 0 Å². The van der Waals surface area contributed by atoms with Crippen molar-refractivity contribution in [2.45, 2.75) is 32.4 Å². The van der Waals surface area contributed by atoms with Crippen molar-refractivity contribution in [3.8, 4) is 0 Å². The number of benzene rings is 1. The maximum atomic E-state index is 5.59. The zero-order valence-electron chi connectivity index (χ0n) is 12.1. The number of hydrogen-bond donors (Lipinski definition) is 2. The van der Waals surface area contributed by atoms with Crippen LogP contribution in [0.5, 0.6) is 0 Å². The van der Waals surface area contributed by atoms with E-state index in [1.807, 2.05) is 0 Å². The van der Waals surface area contributed by atoms with Crippen molar-refractivity contribution in [3.05, 3.63) is 35.4 Å². The molecule has 0 spiro atoms. The van der Waals surface area contributed by atoms with Gasteiger partial charge in [0.15, 0.2) is 0 Å². The number of nitrogens with zero attached hydrogens (tertiary/aromatic N) is 1. The van der Waals surface area contributed by atoms with Crippen LogP contribution in [0.15, 0.2) is 24.3 Å². The minimum absolute atomic E-state index is 0.629. The number of hydrogen-bond acceptors (Lipinski definition) is 3. The molecule has 0 bridgehead atoms. The molecule has 19 heavy (non-hydrogen) atoms. The van der Waals surface area contributed by atoms with Crippen molar-refractivity contribution in [2.75, 3.05) is 26.7 Å². The first-order valence-corrected chi connectivity index (χ1v) is 7.45. The number of rotatable bonds is 6. The van der Waals surface area contributed by atoms with Gasteiger partial charge in [0, 0.05) is 13.1 Å². The molecule has 3 N–H and O–H groups in total. The van der Waals surface area contributed by atoms with Gasteiger partial charge in [-0.05, 0) is 63.0 Å². The Morgan fingerprint density at radius 3 is 2.42 bits per heavy atom. The molecule has 1 aliphatic heterocycles. The molecule has 0 saturated carbocycles. The fourth-order valence-electron chi connectivity index (χ4n) is 2.68. The summed E-state index contributed by atoms with van der Waals surface area (Å²) in [4.78, 5) is 2.43. The number of piperidine rings is 1. The predicted molar refractivity (Wildman–Crippen MR) is 80.9 cm³/mol. The number of nitrogens with two attached hydrogens (primary N) is 1. The van der Waals surface area contributed by atoms with Crippen molar-refractivity contribution in [1.82, 2.24) is 10.2 Å². The van der Waals surface area contributed by atoms with E-state index >= 15 is 0 Å². The van der Waals surface area contributed by atoms with Crippen LogP contribution in [0, 0.1) is 5.92 Å². The van der Waals surface area contributed by atoms with E-state index in [1.165, 1.54) is 43.5 Å². The summed E-state index contributed by atoms with van der Waals surface area (Å²) < 4.78 is 0. The normalized spacial score (nSPS) is 17.8. The molecule has 1 fully saturated rings. The Hall–Kier alpha value is -0.900. The number of nitrogens with one attached hydrogen (secondary N) is 1. The van der Waals surface area contributed by atoms with Crippen molar-refractivity contribution >= 4 is 0 Å². The molecule has 3 nitrogen and oxygen atoms in total. The van der Waals surface area contributed by atoms with Crippen LogP contribution < -0.4 is 11.1 Å². The summed E-state index contributed by atoms with van der Waals surface area (Å²) in [6.07, 6.45) is 4.04. The molecule has 1 aromatic rings. The van der Waals surface area contributed by atoms with Crippen molar-refractivity contribution in [2.24, 2.45) is 11.7 Å². The highest BCUT2D eigenvalue weighted by atomic mass is 15.1. The molecule has 1 aromatic carbocycles. The SMILES string of the molecule is CN1CCC(CCNCc2ccc(CN)cc2)CC1. The molecule has 1 aliphatic rings. The summed E-state index contributed by atoms with van der Waals surface area (Å²) in [5, 5.41) is 3.55. The van der Waals surface area contributed by atoms with Gasteiger partial charge in [0.2, 0.25) is 0 Å². The average Bonchev–Trinajstić information content (AvgIpc) is 2.46. The van der Waals surface area contributed by atoms with Gasteiger partial charge in [0.05, 0.1) is 0 Å². The molecule has 0 radical (unpaired) electrons. The Morgan fingerprint density at radius 2 is 1.79 bits per heavy atom. The molecular weight excluding hydrogens is 234 g/mol. The lowest BCUT2D eigenvalue weighted by atomic mass is 9.94. The Labute approximate surface area is 117 Å². The third-order valence-corrected chi connectivity index (χ3v) is 4.16. The van der Waals surface area contributed by atoms with Gasteiger partial charge in [-0.15, -0.1) is 0 Å². The van der Waals surface area contributed by atoms with E-state index in [4.69, 9.17) is 5.73 Å². The summed E-state index contributed by atoms with van der Waals surface area (Å²) in [6.45, 7) is 5.27. The molecule has 2 rings (SSSR count). The smallest absolute Gasteiger partial charge is 0.0205 e. The highest BCUT2D eigenvalue weighted by Gasteiger charge is 2.15. The first-order valence-electron chi connectivity index (χ1n) is 7.45. The largest absolute Gasteiger partial charge is 0.326 e. The van der Waals surface area contributed by atoms with Crippen LogP contribution in [0.2, 0.25) is 0 Å². The lowest BCUT2D eigenvalue weighted by Crippen LogP contribution is -2.31. The lowest BCUT2D eigenvalue weighted by molar-refractivity contribution is 0.211. The fraction of sp³-hybridized carbons (Fsp3) is 0.625. The molecule has 106 valence electrons. The molecule has 1 heterocycles. The summed E-state index contributed by atoms with van der Waals surface area (Å²) in [6, 6.07) is 8.58. The standard InChI is InChI=1S/C16H27N3/c1-19-10-7-14(8-11-19)6-9-18-13-16-4-2-15(12-17)3-5-16/h2-5,14,18H,6-13,17H2,1H3. The summed E-state index contributed by atoms with van der Waals surface area (Å²) in [5.74, 6) is 0.920. The summed E-state index contributed by atoms with van der Waals surface area (Å²) in [7, 11) is 2.22. The molecule has 0 aromatic heterocycles. The second-order valence-corrected chi connectivity index (χ2v) is 5.73. The zero-order valence-corrected chi connectivity index (χ0v) is 12.1. The van der Waals surface area contributed by atoms with Gasteiger partial charge in [-0.2, -0.15) is 0 Å². The molecular formula is C16H27N3. The van der Waals surface area contributed by atoms with Crippen LogP contribution in [-0.2, 0) is 13.1 Å². The first kappa shape index (κ1) is 14.5. The van der Waals surface area contributed by atoms with E-state index in [1.54, 1.807) is 0 Å². The van der Waals surface area contributed by atoms with E-state index in [0.717, 1.165) is 19.0 Å². The lowest BCUT2D eigenvalue weighted by Gasteiger charge is -2.28. The Kier molecular flexibility index (Phi) is 5.83. The minimum Gasteiger partial charge on any atom is -0.326 e. The highest BCUT2D eigenvalue weighted by Crippen LogP contribution is 2.18. The molecule has 3 heteroatoms. The summed E-state index contributed by atoms with van der Waals surface area (Å²) in [5.41, 5.74) is 8.15. The highest BCUT2D eigenvalue weighted by molar-refractivity contribution is 5.22. The van der Waals surface area contributed by atoms with Crippen LogP contribution in [0.4, 0.5) is 0 Å². The van der Waals surface area contributed by atoms with Gasteiger partial charge < -0.3 is 16.0 Å². The van der Waals surface area contributed by atoms with E-state index in [2.05, 4.69) is 41.5 Å². The maximum Gasteiger partial charge on any atom is 0.0205 e. The maximum absolute atomic E-state index is 5.59. The molecule has 0 amide bonds. The predicted octanol–water partition coefficient (Wildman–Crippen LogP) is 1.97. The van der Waals surface area contributed by atoms with Gasteiger partial charge in [-0.3, -0.25) is 0 Å². The molecule has 0 unspecified atom stereocenters. The van der Waals surface area contributed by atoms with E-state index in [-0.39, 0.29) is 0 Å². The first-order chi connectivity index (χ1) is 9.28. The minimum atomic E-state index is 0.629. The second-order valence-electron chi connectivity index (χ2n) is 5.73.